The maximum atomic E-state index is 14.7. The first-order valence-corrected chi connectivity index (χ1v) is 9.17. The monoisotopic (exact) mass is 386 g/mol. The SMILES string of the molecule is OC1c2scnc2C(c2ccc(Cl)cc2F)N1c1ccc2[nH]cnc2c1. The lowest BCUT2D eigenvalue weighted by molar-refractivity contribution is 0.181. The number of nitrogens with one attached hydrogen (secondary N) is 1. The fourth-order valence-corrected chi connectivity index (χ4v) is 4.41. The number of imidazole rings is 1. The highest BCUT2D eigenvalue weighted by molar-refractivity contribution is 7.09. The van der Waals surface area contributed by atoms with Gasteiger partial charge >= 0.3 is 0 Å². The normalized spacial score (nSPS) is 19.3. The number of halogens is 2. The lowest BCUT2D eigenvalue weighted by Crippen LogP contribution is -2.27. The van der Waals surface area contributed by atoms with Crippen molar-refractivity contribution in [1.29, 1.82) is 0 Å². The van der Waals surface area contributed by atoms with Gasteiger partial charge in [0.05, 0.1) is 33.4 Å². The molecule has 0 bridgehead atoms. The average molecular weight is 387 g/mol. The van der Waals surface area contributed by atoms with Crippen LogP contribution in [-0.4, -0.2) is 20.1 Å². The molecule has 3 heterocycles. The Morgan fingerprint density at radius 2 is 2.08 bits per heavy atom. The van der Waals surface area contributed by atoms with Crippen molar-refractivity contribution in [2.45, 2.75) is 12.3 Å². The summed E-state index contributed by atoms with van der Waals surface area (Å²) in [5.41, 5.74) is 5.15. The Kier molecular flexibility index (Phi) is 3.49. The van der Waals surface area contributed by atoms with Gasteiger partial charge in [0.2, 0.25) is 0 Å². The summed E-state index contributed by atoms with van der Waals surface area (Å²) in [6.07, 6.45) is 0.706. The summed E-state index contributed by atoms with van der Waals surface area (Å²) in [6.45, 7) is 0. The average Bonchev–Trinajstić information content (AvgIpc) is 3.32. The molecule has 2 atom stereocenters. The molecule has 0 aliphatic carbocycles. The zero-order valence-electron chi connectivity index (χ0n) is 13.2. The number of fused-ring (bicyclic) bond motifs is 2. The van der Waals surface area contributed by atoms with Crippen LogP contribution >= 0.6 is 22.9 Å². The van der Waals surface area contributed by atoms with Crippen molar-refractivity contribution in [1.82, 2.24) is 15.0 Å². The molecule has 0 saturated carbocycles. The first kappa shape index (κ1) is 15.7. The van der Waals surface area contributed by atoms with E-state index in [1.54, 1.807) is 28.9 Å². The Labute approximate surface area is 156 Å². The molecule has 5 nitrogen and oxygen atoms in total. The van der Waals surface area contributed by atoms with E-state index in [9.17, 15) is 9.50 Å². The number of aliphatic hydroxyl groups excluding tert-OH is 1. The predicted octanol–water partition coefficient (Wildman–Crippen LogP) is 4.41. The summed E-state index contributed by atoms with van der Waals surface area (Å²) in [7, 11) is 0. The van der Waals surface area contributed by atoms with Gasteiger partial charge in [0.1, 0.15) is 11.9 Å². The minimum absolute atomic E-state index is 0.327. The summed E-state index contributed by atoms with van der Waals surface area (Å²) < 4.78 is 14.7. The smallest absolute Gasteiger partial charge is 0.165 e. The molecule has 0 radical (unpaired) electrons. The number of rotatable bonds is 2. The van der Waals surface area contributed by atoms with Crippen molar-refractivity contribution >= 4 is 39.7 Å². The van der Waals surface area contributed by atoms with Crippen molar-refractivity contribution in [2.24, 2.45) is 0 Å². The van der Waals surface area contributed by atoms with Gasteiger partial charge in [-0.05, 0) is 30.3 Å². The lowest BCUT2D eigenvalue weighted by Gasteiger charge is -2.30. The molecule has 2 aromatic heterocycles. The van der Waals surface area contributed by atoms with Gasteiger partial charge in [-0.3, -0.25) is 0 Å². The number of aliphatic hydroxyl groups is 1. The second kappa shape index (κ2) is 5.77. The van der Waals surface area contributed by atoms with Crippen LogP contribution in [0.15, 0.2) is 48.2 Å². The van der Waals surface area contributed by atoms with Gasteiger partial charge < -0.3 is 15.0 Å². The summed E-state index contributed by atoms with van der Waals surface area (Å²) in [6, 6.07) is 9.66. The third kappa shape index (κ3) is 2.25. The predicted molar refractivity (Wildman–Crippen MR) is 98.9 cm³/mol. The molecule has 0 amide bonds. The van der Waals surface area contributed by atoms with Crippen molar-refractivity contribution in [3.05, 3.63) is 75.2 Å². The molecule has 0 fully saturated rings. The minimum atomic E-state index is -0.908. The summed E-state index contributed by atoms with van der Waals surface area (Å²) in [5.74, 6) is -0.429. The summed E-state index contributed by atoms with van der Waals surface area (Å²) in [5, 5.41) is 11.2. The van der Waals surface area contributed by atoms with E-state index in [0.29, 0.717) is 21.2 Å². The number of hydrogen-bond donors (Lipinski definition) is 2. The Balaban J connectivity index is 1.70. The fraction of sp³-hybridized carbons (Fsp3) is 0.111. The number of aromatic amines is 1. The van der Waals surface area contributed by atoms with E-state index in [1.165, 1.54) is 17.4 Å². The number of nitrogens with zero attached hydrogens (tertiary/aromatic N) is 3. The third-order valence-corrected chi connectivity index (χ3v) is 5.74. The molecule has 5 rings (SSSR count). The van der Waals surface area contributed by atoms with Crippen LogP contribution in [0.5, 0.6) is 0 Å². The Morgan fingerprint density at radius 3 is 2.92 bits per heavy atom. The second-order valence-corrected chi connectivity index (χ2v) is 7.38. The number of aromatic nitrogens is 3. The van der Waals surface area contributed by atoms with Crippen LogP contribution in [0.4, 0.5) is 10.1 Å². The highest BCUT2D eigenvalue weighted by atomic mass is 35.5. The van der Waals surface area contributed by atoms with Gasteiger partial charge in [-0.2, -0.15) is 0 Å². The molecule has 2 N–H and O–H groups in total. The molecular weight excluding hydrogens is 375 g/mol. The van der Waals surface area contributed by atoms with Gasteiger partial charge in [-0.25, -0.2) is 14.4 Å². The molecule has 26 heavy (non-hydrogen) atoms. The number of H-pyrrole nitrogens is 1. The third-order valence-electron chi connectivity index (χ3n) is 4.62. The van der Waals surface area contributed by atoms with Crippen molar-refractivity contribution in [3.8, 4) is 0 Å². The Bertz CT molecular complexity index is 1130. The molecule has 130 valence electrons. The van der Waals surface area contributed by atoms with E-state index in [-0.39, 0.29) is 0 Å². The van der Waals surface area contributed by atoms with Gasteiger partial charge in [-0.1, -0.05) is 17.7 Å². The largest absolute Gasteiger partial charge is 0.368 e. The molecule has 1 aliphatic heterocycles. The van der Waals surface area contributed by atoms with Crippen molar-refractivity contribution < 1.29 is 9.50 Å². The van der Waals surface area contributed by atoms with E-state index in [4.69, 9.17) is 11.6 Å². The van der Waals surface area contributed by atoms with Crippen LogP contribution in [0.2, 0.25) is 5.02 Å². The lowest BCUT2D eigenvalue weighted by atomic mass is 10.0. The fourth-order valence-electron chi connectivity index (χ4n) is 3.45. The molecule has 4 aromatic rings. The maximum absolute atomic E-state index is 14.7. The van der Waals surface area contributed by atoms with Gasteiger partial charge in [0.25, 0.3) is 0 Å². The Morgan fingerprint density at radius 1 is 1.19 bits per heavy atom. The molecule has 1 aliphatic rings. The quantitative estimate of drug-likeness (QED) is 0.535. The van der Waals surface area contributed by atoms with Crippen LogP contribution in [-0.2, 0) is 0 Å². The first-order valence-electron chi connectivity index (χ1n) is 7.91. The van der Waals surface area contributed by atoms with Crippen molar-refractivity contribution in [3.63, 3.8) is 0 Å². The first-order chi connectivity index (χ1) is 12.6. The van der Waals surface area contributed by atoms with Crippen molar-refractivity contribution in [2.75, 3.05) is 4.90 Å². The standard InChI is InChI=1S/C18H12ClFN4OS/c19-9-1-3-11(12(20)5-9)16-15-17(26-8-23-15)18(25)24(16)10-2-4-13-14(6-10)22-7-21-13/h1-8,16,18,25H,(H,21,22). The molecule has 2 unspecified atom stereocenters. The van der Waals surface area contributed by atoms with Gasteiger partial charge in [-0.15, -0.1) is 11.3 Å². The number of thiazole rings is 1. The topological polar surface area (TPSA) is 65.0 Å². The Hall–Kier alpha value is -2.48. The molecular formula is C18H12ClFN4OS. The summed E-state index contributed by atoms with van der Waals surface area (Å²) in [4.78, 5) is 14.2. The summed E-state index contributed by atoms with van der Waals surface area (Å²) >= 11 is 7.27. The van der Waals surface area contributed by atoms with E-state index >= 15 is 0 Å². The molecule has 0 spiro atoms. The van der Waals surface area contributed by atoms with Crippen LogP contribution < -0.4 is 4.90 Å². The zero-order chi connectivity index (χ0) is 17.8. The van der Waals surface area contributed by atoms with Crippen LogP contribution in [0.3, 0.4) is 0 Å². The molecule has 2 aromatic carbocycles. The van der Waals surface area contributed by atoms with Crippen LogP contribution in [0, 0.1) is 5.82 Å². The zero-order valence-corrected chi connectivity index (χ0v) is 14.8. The molecule has 8 heteroatoms. The highest BCUT2D eigenvalue weighted by Crippen LogP contribution is 2.48. The van der Waals surface area contributed by atoms with Crippen LogP contribution in [0.1, 0.15) is 28.4 Å². The van der Waals surface area contributed by atoms with Gasteiger partial charge in [0, 0.05) is 16.3 Å². The maximum Gasteiger partial charge on any atom is 0.165 e. The second-order valence-electron chi connectivity index (χ2n) is 6.06. The van der Waals surface area contributed by atoms with E-state index in [1.807, 2.05) is 18.2 Å². The minimum Gasteiger partial charge on any atom is -0.368 e. The van der Waals surface area contributed by atoms with E-state index in [2.05, 4.69) is 15.0 Å². The number of anilines is 1. The number of hydrogen-bond acceptors (Lipinski definition) is 5. The number of benzene rings is 2. The highest BCUT2D eigenvalue weighted by Gasteiger charge is 2.42. The van der Waals surface area contributed by atoms with E-state index in [0.717, 1.165) is 16.7 Å². The van der Waals surface area contributed by atoms with E-state index < -0.39 is 18.1 Å². The molecule has 0 saturated heterocycles. The van der Waals surface area contributed by atoms with Crippen LogP contribution in [0.25, 0.3) is 11.0 Å². The van der Waals surface area contributed by atoms with Gasteiger partial charge in [0.15, 0.2) is 6.23 Å².